The molecule has 2 aromatic carbocycles. The fourth-order valence-electron chi connectivity index (χ4n) is 2.15. The van der Waals surface area contributed by atoms with E-state index in [4.69, 9.17) is 0 Å². The van der Waals surface area contributed by atoms with E-state index in [1.807, 2.05) is 49.3 Å². The Labute approximate surface area is 149 Å². The zero-order valence-electron chi connectivity index (χ0n) is 14.5. The van der Waals surface area contributed by atoms with E-state index in [2.05, 4.69) is 15.0 Å². The van der Waals surface area contributed by atoms with Gasteiger partial charge in [-0.05, 0) is 17.7 Å². The van der Waals surface area contributed by atoms with Gasteiger partial charge in [0.25, 0.3) is 0 Å². The lowest BCUT2D eigenvalue weighted by Gasteiger charge is -2.18. The molecule has 0 saturated heterocycles. The van der Waals surface area contributed by atoms with E-state index in [1.165, 1.54) is 0 Å². The van der Waals surface area contributed by atoms with Crippen LogP contribution in [0, 0.1) is 0 Å². The summed E-state index contributed by atoms with van der Waals surface area (Å²) in [5.41, 5.74) is 1.12. The van der Waals surface area contributed by atoms with Crippen LogP contribution < -0.4 is 10.0 Å². The molecule has 0 aliphatic heterocycles. The summed E-state index contributed by atoms with van der Waals surface area (Å²) in [6.07, 6.45) is 0. The minimum atomic E-state index is -3.48. The van der Waals surface area contributed by atoms with Gasteiger partial charge in [0.1, 0.15) is 0 Å². The lowest BCUT2D eigenvalue weighted by Crippen LogP contribution is -2.41. The summed E-state index contributed by atoms with van der Waals surface area (Å²) < 4.78 is 26.9. The van der Waals surface area contributed by atoms with Gasteiger partial charge >= 0.3 is 0 Å². The highest BCUT2D eigenvalue weighted by atomic mass is 32.2. The molecule has 134 valence electrons. The Morgan fingerprint density at radius 3 is 2.16 bits per heavy atom. The molecule has 0 aliphatic carbocycles. The zero-order chi connectivity index (χ0) is 18.1. The van der Waals surface area contributed by atoms with E-state index in [0.717, 1.165) is 5.56 Å². The number of aliphatic imine (C=N–C) groups is 1. The fourth-order valence-corrected chi connectivity index (χ4v) is 3.20. The molecule has 0 amide bonds. The molecular formula is C18H24N4O2S. The van der Waals surface area contributed by atoms with E-state index in [0.29, 0.717) is 19.0 Å². The zero-order valence-corrected chi connectivity index (χ0v) is 15.3. The first-order valence-electron chi connectivity index (χ1n) is 8.03. The highest BCUT2D eigenvalue weighted by molar-refractivity contribution is 7.89. The third kappa shape index (κ3) is 6.21. The molecule has 25 heavy (non-hydrogen) atoms. The van der Waals surface area contributed by atoms with Crippen LogP contribution in [0.25, 0.3) is 0 Å². The molecule has 0 fully saturated rings. The van der Waals surface area contributed by atoms with Gasteiger partial charge in [0.2, 0.25) is 10.0 Å². The van der Waals surface area contributed by atoms with Crippen molar-refractivity contribution in [2.75, 3.05) is 27.2 Å². The van der Waals surface area contributed by atoms with Crippen molar-refractivity contribution < 1.29 is 8.42 Å². The van der Waals surface area contributed by atoms with Gasteiger partial charge in [-0.3, -0.25) is 0 Å². The number of hydrogen-bond donors (Lipinski definition) is 2. The van der Waals surface area contributed by atoms with Gasteiger partial charge in [0, 0.05) is 27.2 Å². The fraction of sp³-hybridized carbons (Fsp3) is 0.278. The van der Waals surface area contributed by atoms with E-state index < -0.39 is 10.0 Å². The van der Waals surface area contributed by atoms with E-state index >= 15 is 0 Å². The largest absolute Gasteiger partial charge is 0.355 e. The molecule has 2 rings (SSSR count). The van der Waals surface area contributed by atoms with Crippen LogP contribution >= 0.6 is 0 Å². The predicted molar refractivity (Wildman–Crippen MR) is 101 cm³/mol. The van der Waals surface area contributed by atoms with E-state index in [-0.39, 0.29) is 11.4 Å². The summed E-state index contributed by atoms with van der Waals surface area (Å²) in [6, 6.07) is 18.3. The standard InChI is InChI=1S/C18H24N4O2S/c1-22(2)18(20-15-16-9-5-3-6-10-16)19-13-14-21-25(23,24)17-11-7-4-8-12-17/h3-12,21H,13-15H2,1-2H3,(H,19,20). The van der Waals surface area contributed by atoms with Crippen molar-refractivity contribution in [3.05, 3.63) is 66.2 Å². The Hall–Kier alpha value is -2.38. The number of hydrogen-bond acceptors (Lipinski definition) is 3. The first-order valence-corrected chi connectivity index (χ1v) is 9.51. The van der Waals surface area contributed by atoms with Crippen molar-refractivity contribution in [1.82, 2.24) is 14.9 Å². The van der Waals surface area contributed by atoms with Crippen LogP contribution in [0.2, 0.25) is 0 Å². The topological polar surface area (TPSA) is 73.8 Å². The van der Waals surface area contributed by atoms with Gasteiger partial charge in [-0.1, -0.05) is 48.5 Å². The van der Waals surface area contributed by atoms with Gasteiger partial charge in [-0.25, -0.2) is 18.1 Å². The van der Waals surface area contributed by atoms with Crippen molar-refractivity contribution in [3.8, 4) is 0 Å². The first kappa shape index (κ1) is 19.0. The molecule has 6 nitrogen and oxygen atoms in total. The van der Waals surface area contributed by atoms with Crippen LogP contribution in [0.4, 0.5) is 0 Å². The summed E-state index contributed by atoms with van der Waals surface area (Å²) in [6.45, 7) is 1.28. The second kappa shape index (κ2) is 9.19. The number of sulfonamides is 1. The van der Waals surface area contributed by atoms with Crippen molar-refractivity contribution in [3.63, 3.8) is 0 Å². The highest BCUT2D eigenvalue weighted by Gasteiger charge is 2.12. The van der Waals surface area contributed by atoms with Crippen LogP contribution in [0.1, 0.15) is 5.56 Å². The Morgan fingerprint density at radius 1 is 0.960 bits per heavy atom. The third-order valence-electron chi connectivity index (χ3n) is 3.43. The van der Waals surface area contributed by atoms with Gasteiger partial charge in [-0.2, -0.15) is 0 Å². The molecule has 0 aliphatic rings. The summed E-state index contributed by atoms with van der Waals surface area (Å²) in [4.78, 5) is 6.67. The molecule has 2 aromatic rings. The summed E-state index contributed by atoms with van der Waals surface area (Å²) >= 11 is 0. The summed E-state index contributed by atoms with van der Waals surface area (Å²) in [5, 5.41) is 3.16. The van der Waals surface area contributed by atoms with Gasteiger partial charge in [-0.15, -0.1) is 0 Å². The average molecular weight is 360 g/mol. The molecule has 0 bridgehead atoms. The Bertz CT molecular complexity index is 775. The normalized spacial score (nSPS) is 12.0. The number of nitrogens with zero attached hydrogens (tertiary/aromatic N) is 2. The van der Waals surface area contributed by atoms with Crippen LogP contribution in [0.5, 0.6) is 0 Å². The molecule has 0 spiro atoms. The maximum atomic E-state index is 12.1. The lowest BCUT2D eigenvalue weighted by atomic mass is 10.2. The smallest absolute Gasteiger partial charge is 0.240 e. The number of benzene rings is 2. The average Bonchev–Trinajstić information content (AvgIpc) is 2.62. The molecule has 7 heteroatoms. The second-order valence-electron chi connectivity index (χ2n) is 5.66. The van der Waals surface area contributed by atoms with Crippen molar-refractivity contribution in [2.24, 2.45) is 4.99 Å². The van der Waals surface area contributed by atoms with Gasteiger partial charge in [0.05, 0.1) is 11.4 Å². The first-order chi connectivity index (χ1) is 12.0. The molecule has 0 saturated carbocycles. The molecule has 0 atom stereocenters. The molecule has 0 heterocycles. The molecule has 0 aromatic heterocycles. The van der Waals surface area contributed by atoms with Crippen molar-refractivity contribution >= 4 is 16.0 Å². The molecule has 0 radical (unpaired) electrons. The maximum Gasteiger partial charge on any atom is 0.240 e. The minimum absolute atomic E-state index is 0.264. The maximum absolute atomic E-state index is 12.1. The number of nitrogens with one attached hydrogen (secondary N) is 2. The second-order valence-corrected chi connectivity index (χ2v) is 7.42. The minimum Gasteiger partial charge on any atom is -0.355 e. The highest BCUT2D eigenvalue weighted by Crippen LogP contribution is 2.06. The molecular weight excluding hydrogens is 336 g/mol. The van der Waals surface area contributed by atoms with E-state index in [1.54, 1.807) is 30.3 Å². The van der Waals surface area contributed by atoms with Gasteiger partial charge < -0.3 is 10.2 Å². The Balaban J connectivity index is 1.85. The number of guanidine groups is 1. The van der Waals surface area contributed by atoms with Crippen LogP contribution in [0.3, 0.4) is 0 Å². The monoisotopic (exact) mass is 360 g/mol. The predicted octanol–water partition coefficient (Wildman–Crippen LogP) is 1.67. The SMILES string of the molecule is CN(C)C(=NCc1ccccc1)NCCNS(=O)(=O)c1ccccc1. The molecule has 0 unspecified atom stereocenters. The number of rotatable bonds is 7. The lowest BCUT2D eigenvalue weighted by molar-refractivity contribution is 0.567. The quantitative estimate of drug-likeness (QED) is 0.448. The third-order valence-corrected chi connectivity index (χ3v) is 4.91. The molecule has 2 N–H and O–H groups in total. The van der Waals surface area contributed by atoms with Crippen molar-refractivity contribution in [1.29, 1.82) is 0 Å². The van der Waals surface area contributed by atoms with Crippen molar-refractivity contribution in [2.45, 2.75) is 11.4 Å². The summed E-state index contributed by atoms with van der Waals surface area (Å²) in [5.74, 6) is 0.711. The Morgan fingerprint density at radius 2 is 1.56 bits per heavy atom. The van der Waals surface area contributed by atoms with Crippen LogP contribution in [-0.2, 0) is 16.6 Å². The Kier molecular flexibility index (Phi) is 6.97. The van der Waals surface area contributed by atoms with Crippen LogP contribution in [-0.4, -0.2) is 46.5 Å². The van der Waals surface area contributed by atoms with E-state index in [9.17, 15) is 8.42 Å². The van der Waals surface area contributed by atoms with Crippen LogP contribution in [0.15, 0.2) is 70.6 Å². The summed E-state index contributed by atoms with van der Waals surface area (Å²) in [7, 11) is 0.310. The van der Waals surface area contributed by atoms with Gasteiger partial charge in [0.15, 0.2) is 5.96 Å².